The van der Waals surface area contributed by atoms with E-state index in [1.807, 2.05) is 36.5 Å². The summed E-state index contributed by atoms with van der Waals surface area (Å²) in [5, 5.41) is 8.67. The predicted octanol–water partition coefficient (Wildman–Crippen LogP) is 4.53. The topological polar surface area (TPSA) is 69.9 Å². The Balaban J connectivity index is 2.08. The second-order valence-corrected chi connectivity index (χ2v) is 7.50. The van der Waals surface area contributed by atoms with Gasteiger partial charge < -0.3 is 4.40 Å². The Kier molecular flexibility index (Phi) is 7.38. The SMILES string of the molecule is CCCN(Cc1c(-c2ccccc2)nc2cc(C=CC(=O)NO)ccn12)C(C)CC. The smallest absolute Gasteiger partial charge is 0.267 e. The van der Waals surface area contributed by atoms with Crippen LogP contribution in [-0.2, 0) is 11.3 Å². The molecule has 158 valence electrons. The molecule has 0 saturated heterocycles. The maximum Gasteiger partial charge on any atom is 0.267 e. The molecule has 0 fully saturated rings. The van der Waals surface area contributed by atoms with E-state index < -0.39 is 5.91 Å². The zero-order chi connectivity index (χ0) is 21.5. The molecule has 0 saturated carbocycles. The summed E-state index contributed by atoms with van der Waals surface area (Å²) in [4.78, 5) is 18.7. The highest BCUT2D eigenvalue weighted by atomic mass is 16.5. The van der Waals surface area contributed by atoms with Crippen LogP contribution in [0.5, 0.6) is 0 Å². The zero-order valence-electron chi connectivity index (χ0n) is 17.9. The van der Waals surface area contributed by atoms with Gasteiger partial charge in [0.2, 0.25) is 0 Å². The lowest BCUT2D eigenvalue weighted by molar-refractivity contribution is -0.124. The van der Waals surface area contributed by atoms with Crippen molar-refractivity contribution in [3.05, 3.63) is 66.0 Å². The van der Waals surface area contributed by atoms with Crippen molar-refractivity contribution in [3.8, 4) is 11.3 Å². The van der Waals surface area contributed by atoms with E-state index in [9.17, 15) is 4.79 Å². The van der Waals surface area contributed by atoms with Gasteiger partial charge >= 0.3 is 0 Å². The average molecular weight is 407 g/mol. The van der Waals surface area contributed by atoms with Crippen LogP contribution >= 0.6 is 0 Å². The molecular weight excluding hydrogens is 376 g/mol. The fraction of sp³-hybridized carbons (Fsp3) is 0.333. The Morgan fingerprint density at radius 3 is 2.70 bits per heavy atom. The molecule has 0 spiro atoms. The lowest BCUT2D eigenvalue weighted by Gasteiger charge is -2.28. The van der Waals surface area contributed by atoms with E-state index in [1.165, 1.54) is 6.08 Å². The van der Waals surface area contributed by atoms with Crippen molar-refractivity contribution in [2.45, 2.75) is 46.2 Å². The molecule has 2 aromatic heterocycles. The Morgan fingerprint density at radius 1 is 1.27 bits per heavy atom. The van der Waals surface area contributed by atoms with Gasteiger partial charge in [-0.25, -0.2) is 10.5 Å². The summed E-state index contributed by atoms with van der Waals surface area (Å²) in [7, 11) is 0. The third kappa shape index (κ3) is 4.96. The number of carbonyl (C=O) groups is 1. The van der Waals surface area contributed by atoms with Gasteiger partial charge in [0, 0.05) is 30.4 Å². The molecule has 0 radical (unpaired) electrons. The molecule has 0 aliphatic rings. The van der Waals surface area contributed by atoms with Gasteiger partial charge in [0.05, 0.1) is 11.4 Å². The van der Waals surface area contributed by atoms with Gasteiger partial charge in [-0.1, -0.05) is 44.2 Å². The number of fused-ring (bicyclic) bond motifs is 1. The molecule has 6 nitrogen and oxygen atoms in total. The lowest BCUT2D eigenvalue weighted by atomic mass is 10.1. The maximum absolute atomic E-state index is 11.3. The predicted molar refractivity (Wildman–Crippen MR) is 120 cm³/mol. The highest BCUT2D eigenvalue weighted by Crippen LogP contribution is 2.27. The molecule has 3 rings (SSSR count). The molecule has 1 aromatic carbocycles. The Hall–Kier alpha value is -2.96. The number of amides is 1. The van der Waals surface area contributed by atoms with E-state index in [1.54, 1.807) is 11.6 Å². The van der Waals surface area contributed by atoms with Crippen LogP contribution in [-0.4, -0.2) is 38.0 Å². The van der Waals surface area contributed by atoms with Gasteiger partial charge in [-0.05, 0) is 50.1 Å². The van der Waals surface area contributed by atoms with E-state index in [0.717, 1.165) is 54.1 Å². The van der Waals surface area contributed by atoms with Crippen LogP contribution in [0.4, 0.5) is 0 Å². The van der Waals surface area contributed by atoms with E-state index in [-0.39, 0.29) is 0 Å². The molecule has 0 aliphatic carbocycles. The first-order valence-electron chi connectivity index (χ1n) is 10.5. The van der Waals surface area contributed by atoms with Crippen molar-refractivity contribution < 1.29 is 10.0 Å². The normalized spacial score (nSPS) is 12.7. The Bertz CT molecular complexity index is 1010. The number of carbonyl (C=O) groups excluding carboxylic acids is 1. The number of hydroxylamine groups is 1. The van der Waals surface area contributed by atoms with Crippen LogP contribution in [0.25, 0.3) is 23.0 Å². The summed E-state index contributed by atoms with van der Waals surface area (Å²) in [6.07, 6.45) is 7.15. The second-order valence-electron chi connectivity index (χ2n) is 7.50. The van der Waals surface area contributed by atoms with Crippen LogP contribution in [0.15, 0.2) is 54.7 Å². The standard InChI is InChI=1S/C24H30N4O2/c1-4-14-27(18(3)5-2)17-21-24(20-9-7-6-8-10-20)25-22-16-19(13-15-28(21)22)11-12-23(29)26-30/h6-13,15-16,18,30H,4-5,14,17H2,1-3H3,(H,26,29). The average Bonchev–Trinajstić information content (AvgIpc) is 3.14. The van der Waals surface area contributed by atoms with Gasteiger partial charge in [-0.3, -0.25) is 14.9 Å². The fourth-order valence-electron chi connectivity index (χ4n) is 3.60. The Morgan fingerprint density at radius 2 is 2.03 bits per heavy atom. The van der Waals surface area contributed by atoms with Crippen LogP contribution < -0.4 is 5.48 Å². The summed E-state index contributed by atoms with van der Waals surface area (Å²) in [6, 6.07) is 14.6. The van der Waals surface area contributed by atoms with E-state index in [2.05, 4.69) is 42.2 Å². The molecule has 6 heteroatoms. The number of nitrogens with one attached hydrogen (secondary N) is 1. The van der Waals surface area contributed by atoms with Crippen molar-refractivity contribution in [1.29, 1.82) is 0 Å². The van der Waals surface area contributed by atoms with Crippen molar-refractivity contribution in [3.63, 3.8) is 0 Å². The number of nitrogens with zero attached hydrogens (tertiary/aromatic N) is 3. The van der Waals surface area contributed by atoms with Crippen molar-refractivity contribution in [2.75, 3.05) is 6.54 Å². The third-order valence-corrected chi connectivity index (χ3v) is 5.41. The van der Waals surface area contributed by atoms with Crippen LogP contribution in [0.2, 0.25) is 0 Å². The summed E-state index contributed by atoms with van der Waals surface area (Å²) in [6.45, 7) is 8.56. The summed E-state index contributed by atoms with van der Waals surface area (Å²) < 4.78 is 2.14. The van der Waals surface area contributed by atoms with E-state index in [0.29, 0.717) is 6.04 Å². The van der Waals surface area contributed by atoms with Crippen molar-refractivity contribution in [1.82, 2.24) is 19.8 Å². The molecule has 0 aliphatic heterocycles. The largest absolute Gasteiger partial charge is 0.302 e. The second kappa shape index (κ2) is 10.2. The Labute approximate surface area is 177 Å². The zero-order valence-corrected chi connectivity index (χ0v) is 17.9. The third-order valence-electron chi connectivity index (χ3n) is 5.41. The first-order chi connectivity index (χ1) is 14.6. The maximum atomic E-state index is 11.3. The first-order valence-corrected chi connectivity index (χ1v) is 10.5. The monoisotopic (exact) mass is 406 g/mol. The van der Waals surface area contributed by atoms with E-state index >= 15 is 0 Å². The highest BCUT2D eigenvalue weighted by Gasteiger charge is 2.19. The molecule has 2 heterocycles. The van der Waals surface area contributed by atoms with Gasteiger partial charge in [-0.2, -0.15) is 0 Å². The summed E-state index contributed by atoms with van der Waals surface area (Å²) in [5.41, 5.74) is 6.51. The van der Waals surface area contributed by atoms with Gasteiger partial charge in [-0.15, -0.1) is 0 Å². The highest BCUT2D eigenvalue weighted by molar-refractivity contribution is 5.91. The number of rotatable bonds is 9. The molecule has 30 heavy (non-hydrogen) atoms. The number of hydrogen-bond donors (Lipinski definition) is 2. The lowest BCUT2D eigenvalue weighted by Crippen LogP contribution is -2.33. The van der Waals surface area contributed by atoms with Crippen molar-refractivity contribution >= 4 is 17.6 Å². The minimum Gasteiger partial charge on any atom is -0.302 e. The first kappa shape index (κ1) is 21.7. The van der Waals surface area contributed by atoms with Gasteiger partial charge in [0.15, 0.2) is 0 Å². The summed E-state index contributed by atoms with van der Waals surface area (Å²) in [5.74, 6) is -0.562. The van der Waals surface area contributed by atoms with Crippen LogP contribution in [0.1, 0.15) is 44.9 Å². The quantitative estimate of drug-likeness (QED) is 0.311. The minimum absolute atomic E-state index is 0.485. The number of aromatic nitrogens is 2. The molecule has 1 atom stereocenters. The molecule has 0 bridgehead atoms. The number of hydrogen-bond acceptors (Lipinski definition) is 4. The minimum atomic E-state index is -0.562. The van der Waals surface area contributed by atoms with Crippen LogP contribution in [0, 0.1) is 0 Å². The molecule has 2 N–H and O–H groups in total. The molecule has 3 aromatic rings. The number of pyridine rings is 1. The molecule has 1 amide bonds. The van der Waals surface area contributed by atoms with Crippen LogP contribution in [0.3, 0.4) is 0 Å². The van der Waals surface area contributed by atoms with Crippen molar-refractivity contribution in [2.24, 2.45) is 0 Å². The van der Waals surface area contributed by atoms with Gasteiger partial charge in [0.25, 0.3) is 5.91 Å². The molecule has 1 unspecified atom stereocenters. The molecular formula is C24H30N4O2. The fourth-order valence-corrected chi connectivity index (χ4v) is 3.60. The van der Waals surface area contributed by atoms with Gasteiger partial charge in [0.1, 0.15) is 5.65 Å². The number of imidazole rings is 1. The summed E-state index contributed by atoms with van der Waals surface area (Å²) >= 11 is 0. The van der Waals surface area contributed by atoms with E-state index in [4.69, 9.17) is 10.2 Å². The number of benzene rings is 1.